The number of ether oxygens (including phenoxy) is 1. The Labute approximate surface area is 113 Å². The lowest BCUT2D eigenvalue weighted by Crippen LogP contribution is -2.06. The van der Waals surface area contributed by atoms with Gasteiger partial charge in [-0.3, -0.25) is 0 Å². The molecule has 0 atom stereocenters. The third-order valence-electron chi connectivity index (χ3n) is 2.58. The molecular weight excluding hydrogens is 268 g/mol. The molecule has 2 aromatic carbocycles. The van der Waals surface area contributed by atoms with Gasteiger partial charge >= 0.3 is 5.97 Å². The van der Waals surface area contributed by atoms with Gasteiger partial charge < -0.3 is 15.6 Å². The number of nitrogens with two attached hydrogens (primary N) is 1. The van der Waals surface area contributed by atoms with Crippen molar-refractivity contribution in [3.8, 4) is 5.75 Å². The van der Waals surface area contributed by atoms with Crippen LogP contribution < -0.4 is 10.5 Å². The summed E-state index contributed by atoms with van der Waals surface area (Å²) in [7, 11) is 0. The van der Waals surface area contributed by atoms with Crippen LogP contribution in [0.15, 0.2) is 36.4 Å². The van der Waals surface area contributed by atoms with Crippen LogP contribution in [0, 0.1) is 11.6 Å². The second kappa shape index (κ2) is 5.56. The highest BCUT2D eigenvalue weighted by atomic mass is 19.1. The van der Waals surface area contributed by atoms with Crippen molar-refractivity contribution in [2.24, 2.45) is 0 Å². The number of hydrogen-bond acceptors (Lipinski definition) is 3. The molecule has 3 N–H and O–H groups in total. The number of hydrogen-bond donors (Lipinski definition) is 2. The monoisotopic (exact) mass is 279 g/mol. The number of benzene rings is 2. The number of carboxylic acid groups (broad SMARTS) is 1. The summed E-state index contributed by atoms with van der Waals surface area (Å²) in [6.45, 7) is -0.191. The van der Waals surface area contributed by atoms with E-state index in [1.807, 2.05) is 0 Å². The Bertz CT molecular complexity index is 639. The van der Waals surface area contributed by atoms with Gasteiger partial charge in [0.05, 0.1) is 5.69 Å². The topological polar surface area (TPSA) is 72.6 Å². The molecule has 2 aromatic rings. The number of carboxylic acids is 1. The molecule has 0 aliphatic carbocycles. The van der Waals surface area contributed by atoms with E-state index in [0.717, 1.165) is 18.2 Å². The molecule has 6 heteroatoms. The molecule has 4 nitrogen and oxygen atoms in total. The Kier molecular flexibility index (Phi) is 3.84. The normalized spacial score (nSPS) is 10.3. The smallest absolute Gasteiger partial charge is 0.339 e. The van der Waals surface area contributed by atoms with Crippen molar-refractivity contribution >= 4 is 11.7 Å². The summed E-state index contributed by atoms with van der Waals surface area (Å²) >= 11 is 0. The fraction of sp³-hybridized carbons (Fsp3) is 0.0714. The lowest BCUT2D eigenvalue weighted by atomic mass is 10.1. The molecule has 0 spiro atoms. The maximum Gasteiger partial charge on any atom is 0.339 e. The Morgan fingerprint density at radius 3 is 2.45 bits per heavy atom. The minimum Gasteiger partial charge on any atom is -0.486 e. The molecule has 0 saturated heterocycles. The van der Waals surface area contributed by atoms with Crippen molar-refractivity contribution in [3.63, 3.8) is 0 Å². The van der Waals surface area contributed by atoms with Crippen LogP contribution in [0.1, 0.15) is 15.9 Å². The predicted molar refractivity (Wildman–Crippen MR) is 68.5 cm³/mol. The third kappa shape index (κ3) is 3.03. The van der Waals surface area contributed by atoms with E-state index in [1.54, 1.807) is 0 Å². The van der Waals surface area contributed by atoms with Crippen molar-refractivity contribution in [3.05, 3.63) is 59.2 Å². The quantitative estimate of drug-likeness (QED) is 0.844. The second-order valence-electron chi connectivity index (χ2n) is 4.10. The first-order valence-corrected chi connectivity index (χ1v) is 5.67. The van der Waals surface area contributed by atoms with Crippen LogP contribution in [0.5, 0.6) is 5.75 Å². The minimum absolute atomic E-state index is 0.0235. The van der Waals surface area contributed by atoms with E-state index in [-0.39, 0.29) is 29.2 Å². The van der Waals surface area contributed by atoms with E-state index in [2.05, 4.69) is 0 Å². The number of nitrogen functional groups attached to an aromatic ring is 1. The Hall–Kier alpha value is -2.63. The second-order valence-corrected chi connectivity index (χ2v) is 4.10. The Balaban J connectivity index is 2.25. The van der Waals surface area contributed by atoms with Gasteiger partial charge in [0.25, 0.3) is 0 Å². The molecule has 0 aliphatic heterocycles. The first-order chi connectivity index (χ1) is 9.47. The number of carbonyl (C=O) groups is 1. The summed E-state index contributed by atoms with van der Waals surface area (Å²) < 4.78 is 31.3. The van der Waals surface area contributed by atoms with E-state index in [1.165, 1.54) is 18.2 Å². The average Bonchev–Trinajstić information content (AvgIpc) is 2.35. The first-order valence-electron chi connectivity index (χ1n) is 5.67. The molecular formula is C14H11F2NO3. The van der Waals surface area contributed by atoms with E-state index >= 15 is 0 Å². The van der Waals surface area contributed by atoms with Crippen LogP contribution in [0.4, 0.5) is 14.5 Å². The summed E-state index contributed by atoms with van der Waals surface area (Å²) in [6, 6.07) is 7.23. The largest absolute Gasteiger partial charge is 0.486 e. The van der Waals surface area contributed by atoms with Gasteiger partial charge in [-0.1, -0.05) is 6.07 Å². The van der Waals surface area contributed by atoms with Crippen molar-refractivity contribution in [1.29, 1.82) is 0 Å². The van der Waals surface area contributed by atoms with Gasteiger partial charge in [-0.15, -0.1) is 0 Å². The standard InChI is InChI=1S/C14H11F2NO3/c15-9-4-8(5-10(16)6-9)7-20-13-11(14(18)19)2-1-3-12(13)17/h1-6H,7,17H2,(H,18,19). The molecule has 2 rings (SSSR count). The molecule has 20 heavy (non-hydrogen) atoms. The number of halogens is 2. The highest BCUT2D eigenvalue weighted by Crippen LogP contribution is 2.27. The fourth-order valence-electron chi connectivity index (χ4n) is 1.73. The van der Waals surface area contributed by atoms with E-state index in [9.17, 15) is 13.6 Å². The number of para-hydroxylation sites is 1. The van der Waals surface area contributed by atoms with Crippen LogP contribution in [0.3, 0.4) is 0 Å². The molecule has 0 unspecified atom stereocenters. The third-order valence-corrected chi connectivity index (χ3v) is 2.58. The van der Waals surface area contributed by atoms with Gasteiger partial charge in [0.1, 0.15) is 23.8 Å². The fourth-order valence-corrected chi connectivity index (χ4v) is 1.73. The van der Waals surface area contributed by atoms with E-state index in [0.29, 0.717) is 0 Å². The zero-order valence-corrected chi connectivity index (χ0v) is 10.3. The average molecular weight is 279 g/mol. The lowest BCUT2D eigenvalue weighted by Gasteiger charge is -2.11. The van der Waals surface area contributed by atoms with E-state index in [4.69, 9.17) is 15.6 Å². The summed E-state index contributed by atoms with van der Waals surface area (Å²) in [5, 5.41) is 9.02. The van der Waals surface area contributed by atoms with Gasteiger partial charge in [-0.2, -0.15) is 0 Å². The van der Waals surface area contributed by atoms with Gasteiger partial charge in [0.2, 0.25) is 0 Å². The summed E-state index contributed by atoms with van der Waals surface area (Å²) in [4.78, 5) is 11.0. The molecule has 0 aromatic heterocycles. The number of anilines is 1. The minimum atomic E-state index is -1.20. The molecule has 0 bridgehead atoms. The molecule has 0 amide bonds. The van der Waals surface area contributed by atoms with Crippen molar-refractivity contribution in [2.75, 3.05) is 5.73 Å². The lowest BCUT2D eigenvalue weighted by molar-refractivity contribution is 0.0692. The van der Waals surface area contributed by atoms with Gasteiger partial charge in [0.15, 0.2) is 5.75 Å². The van der Waals surface area contributed by atoms with Crippen LogP contribution in [0.2, 0.25) is 0 Å². The Morgan fingerprint density at radius 2 is 1.85 bits per heavy atom. The van der Waals surface area contributed by atoms with Crippen LogP contribution >= 0.6 is 0 Å². The van der Waals surface area contributed by atoms with Crippen molar-refractivity contribution < 1.29 is 23.4 Å². The zero-order valence-electron chi connectivity index (χ0n) is 10.3. The first kappa shape index (κ1) is 13.8. The van der Waals surface area contributed by atoms with Gasteiger partial charge in [-0.25, -0.2) is 13.6 Å². The molecule has 0 saturated carbocycles. The zero-order chi connectivity index (χ0) is 14.7. The van der Waals surface area contributed by atoms with Crippen LogP contribution in [-0.4, -0.2) is 11.1 Å². The SMILES string of the molecule is Nc1cccc(C(=O)O)c1OCc1cc(F)cc(F)c1. The molecule has 0 radical (unpaired) electrons. The number of rotatable bonds is 4. The highest BCUT2D eigenvalue weighted by Gasteiger charge is 2.14. The van der Waals surface area contributed by atoms with Gasteiger partial charge in [0, 0.05) is 6.07 Å². The van der Waals surface area contributed by atoms with Crippen molar-refractivity contribution in [2.45, 2.75) is 6.61 Å². The number of aromatic carboxylic acids is 1. The van der Waals surface area contributed by atoms with E-state index < -0.39 is 17.6 Å². The predicted octanol–water partition coefficient (Wildman–Crippen LogP) is 2.82. The van der Waals surface area contributed by atoms with Crippen LogP contribution in [0.25, 0.3) is 0 Å². The highest BCUT2D eigenvalue weighted by molar-refractivity contribution is 5.93. The summed E-state index contributed by atoms with van der Waals surface area (Å²) in [6.07, 6.45) is 0. The molecule has 0 aliphatic rings. The van der Waals surface area contributed by atoms with Gasteiger partial charge in [-0.05, 0) is 29.8 Å². The van der Waals surface area contributed by atoms with Crippen LogP contribution in [-0.2, 0) is 6.61 Å². The maximum atomic E-state index is 13.0. The molecule has 0 fully saturated rings. The maximum absolute atomic E-state index is 13.0. The summed E-state index contributed by atoms with van der Waals surface area (Å²) in [5.74, 6) is -2.69. The Morgan fingerprint density at radius 1 is 1.20 bits per heavy atom. The van der Waals surface area contributed by atoms with Crippen molar-refractivity contribution in [1.82, 2.24) is 0 Å². The molecule has 104 valence electrons. The molecule has 0 heterocycles. The summed E-state index contributed by atoms with van der Waals surface area (Å²) in [5.41, 5.74) is 5.92.